The van der Waals surface area contributed by atoms with E-state index < -0.39 is 0 Å². The molecule has 1 saturated heterocycles. The largest absolute Gasteiger partial charge is 0.496 e. The molecular weight excluding hydrogens is 414 g/mol. The van der Waals surface area contributed by atoms with Gasteiger partial charge in [0.1, 0.15) is 12.4 Å². The highest BCUT2D eigenvalue weighted by Crippen LogP contribution is 2.46. The van der Waals surface area contributed by atoms with Crippen molar-refractivity contribution in [1.82, 2.24) is 0 Å². The van der Waals surface area contributed by atoms with Crippen molar-refractivity contribution in [2.75, 3.05) is 18.6 Å². The molecule has 164 valence electrons. The highest BCUT2D eigenvalue weighted by Gasteiger charge is 2.38. The number of ether oxygens (including phenoxy) is 3. The lowest BCUT2D eigenvalue weighted by molar-refractivity contribution is 0.134. The van der Waals surface area contributed by atoms with Gasteiger partial charge in [0.2, 0.25) is 0 Å². The van der Waals surface area contributed by atoms with E-state index >= 15 is 0 Å². The van der Waals surface area contributed by atoms with Gasteiger partial charge in [-0.2, -0.15) is 0 Å². The first-order valence-corrected chi connectivity index (χ1v) is 11.0. The molecule has 2 aliphatic heterocycles. The van der Waals surface area contributed by atoms with Gasteiger partial charge in [-0.25, -0.2) is 4.79 Å². The van der Waals surface area contributed by atoms with Gasteiger partial charge in [0, 0.05) is 11.1 Å². The second-order valence-electron chi connectivity index (χ2n) is 8.37. The first kappa shape index (κ1) is 19.8. The third-order valence-corrected chi connectivity index (χ3v) is 6.53. The third-order valence-electron chi connectivity index (χ3n) is 6.53. The molecule has 6 rings (SSSR count). The number of methoxy groups -OCH3 is 1. The maximum absolute atomic E-state index is 13.1. The molecular formula is C28H23NO4. The smallest absolute Gasteiger partial charge is 0.415 e. The van der Waals surface area contributed by atoms with Crippen LogP contribution in [-0.2, 0) is 22.7 Å². The molecule has 1 amide bonds. The number of carbonyl (C=O) groups is 1. The van der Waals surface area contributed by atoms with Crippen LogP contribution in [0.3, 0.4) is 0 Å². The Hall–Kier alpha value is -3.83. The van der Waals surface area contributed by atoms with Crippen LogP contribution in [0, 0.1) is 0 Å². The predicted octanol–water partition coefficient (Wildman–Crippen LogP) is 6.24. The molecule has 0 aromatic heterocycles. The van der Waals surface area contributed by atoms with E-state index in [-0.39, 0.29) is 12.1 Å². The molecule has 1 fully saturated rings. The van der Waals surface area contributed by atoms with E-state index in [2.05, 4.69) is 30.3 Å². The van der Waals surface area contributed by atoms with Crippen LogP contribution in [0.4, 0.5) is 10.5 Å². The molecule has 0 unspecified atom stereocenters. The van der Waals surface area contributed by atoms with Gasteiger partial charge in [-0.1, -0.05) is 60.7 Å². The number of benzene rings is 4. The normalized spacial score (nSPS) is 17.3. The molecule has 0 radical (unpaired) electrons. The molecule has 0 spiro atoms. The molecule has 5 nitrogen and oxygen atoms in total. The van der Waals surface area contributed by atoms with Crippen LogP contribution in [-0.4, -0.2) is 19.8 Å². The summed E-state index contributed by atoms with van der Waals surface area (Å²) in [5, 5.41) is 2.18. The number of cyclic esters (lactones) is 1. The lowest BCUT2D eigenvalue weighted by Gasteiger charge is -2.26. The number of fused-ring (bicyclic) bond motifs is 2. The molecule has 2 heterocycles. The van der Waals surface area contributed by atoms with Crippen LogP contribution in [0.15, 0.2) is 78.9 Å². The van der Waals surface area contributed by atoms with E-state index in [4.69, 9.17) is 14.2 Å². The molecule has 4 aromatic carbocycles. The summed E-state index contributed by atoms with van der Waals surface area (Å²) in [6.07, 6.45) is -0.344. The summed E-state index contributed by atoms with van der Waals surface area (Å²) in [5.41, 5.74) is 5.98. The molecule has 4 aromatic rings. The standard InChI is InChI=1S/C28H23NO4/c1-31-26-12-11-18-7-5-6-10-22(18)27(26)23-13-20-15-32-16-21(20)14-24(23)29-25(17-33-28(29)30)19-8-3-2-4-9-19/h2-14,25H,15-17H2,1H3/t25-/m0/s1. The van der Waals surface area contributed by atoms with E-state index in [1.165, 1.54) is 0 Å². The molecule has 0 aliphatic carbocycles. The van der Waals surface area contributed by atoms with Crippen LogP contribution in [0.25, 0.3) is 21.9 Å². The van der Waals surface area contributed by atoms with E-state index in [0.29, 0.717) is 19.8 Å². The quantitative estimate of drug-likeness (QED) is 0.379. The van der Waals surface area contributed by atoms with E-state index in [9.17, 15) is 4.79 Å². The highest BCUT2D eigenvalue weighted by molar-refractivity contribution is 6.05. The first-order chi connectivity index (χ1) is 16.2. The second kappa shape index (κ2) is 7.94. The van der Waals surface area contributed by atoms with Crippen LogP contribution in [0.5, 0.6) is 5.75 Å². The van der Waals surface area contributed by atoms with E-state index in [0.717, 1.165) is 50.0 Å². The summed E-state index contributed by atoms with van der Waals surface area (Å²) in [6, 6.07) is 26.3. The lowest BCUT2D eigenvalue weighted by Crippen LogP contribution is -2.28. The topological polar surface area (TPSA) is 48.0 Å². The van der Waals surface area contributed by atoms with Crippen molar-refractivity contribution in [2.24, 2.45) is 0 Å². The summed E-state index contributed by atoms with van der Waals surface area (Å²) in [4.78, 5) is 14.9. The highest BCUT2D eigenvalue weighted by atomic mass is 16.6. The molecule has 0 saturated carbocycles. The maximum Gasteiger partial charge on any atom is 0.415 e. The van der Waals surface area contributed by atoms with Gasteiger partial charge in [0.05, 0.1) is 32.1 Å². The van der Waals surface area contributed by atoms with Gasteiger partial charge in [-0.05, 0) is 45.7 Å². The Kier molecular flexibility index (Phi) is 4.77. The Morgan fingerprint density at radius 2 is 1.67 bits per heavy atom. The minimum Gasteiger partial charge on any atom is -0.496 e. The zero-order valence-electron chi connectivity index (χ0n) is 18.3. The third kappa shape index (κ3) is 3.24. The average molecular weight is 437 g/mol. The minimum atomic E-state index is -0.344. The van der Waals surface area contributed by atoms with Gasteiger partial charge in [-0.15, -0.1) is 0 Å². The van der Waals surface area contributed by atoms with Gasteiger partial charge >= 0.3 is 6.09 Å². The van der Waals surface area contributed by atoms with Crippen molar-refractivity contribution < 1.29 is 19.0 Å². The molecule has 33 heavy (non-hydrogen) atoms. The van der Waals surface area contributed by atoms with Gasteiger partial charge in [0.15, 0.2) is 0 Å². The summed E-state index contributed by atoms with van der Waals surface area (Å²) in [6.45, 7) is 1.40. The monoisotopic (exact) mass is 437 g/mol. The number of nitrogens with zero attached hydrogens (tertiary/aromatic N) is 1. The van der Waals surface area contributed by atoms with E-state index in [1.54, 1.807) is 12.0 Å². The summed E-state index contributed by atoms with van der Waals surface area (Å²) in [7, 11) is 1.68. The SMILES string of the molecule is COc1ccc2ccccc2c1-c1cc2c(cc1N1C(=O)OC[C@H]1c1ccccc1)COC2. The van der Waals surface area contributed by atoms with Crippen molar-refractivity contribution in [3.05, 3.63) is 95.6 Å². The van der Waals surface area contributed by atoms with E-state index in [1.807, 2.05) is 48.5 Å². The number of carbonyl (C=O) groups excluding carboxylic acids is 1. The van der Waals surface area contributed by atoms with Gasteiger partial charge in [-0.3, -0.25) is 4.90 Å². The zero-order chi connectivity index (χ0) is 22.4. The Balaban J connectivity index is 1.63. The van der Waals surface area contributed by atoms with Gasteiger partial charge < -0.3 is 14.2 Å². The second-order valence-corrected chi connectivity index (χ2v) is 8.37. The summed E-state index contributed by atoms with van der Waals surface area (Å²) in [5.74, 6) is 0.762. The number of hydrogen-bond acceptors (Lipinski definition) is 4. The summed E-state index contributed by atoms with van der Waals surface area (Å²) < 4.78 is 17.1. The van der Waals surface area contributed by atoms with Crippen LogP contribution in [0.2, 0.25) is 0 Å². The number of hydrogen-bond donors (Lipinski definition) is 0. The van der Waals surface area contributed by atoms with Crippen molar-refractivity contribution in [3.63, 3.8) is 0 Å². The van der Waals surface area contributed by atoms with Crippen molar-refractivity contribution in [3.8, 4) is 16.9 Å². The Morgan fingerprint density at radius 3 is 2.48 bits per heavy atom. The van der Waals surface area contributed by atoms with Crippen molar-refractivity contribution in [1.29, 1.82) is 0 Å². The number of rotatable bonds is 4. The van der Waals surface area contributed by atoms with Crippen LogP contribution >= 0.6 is 0 Å². The minimum absolute atomic E-state index is 0.209. The molecule has 0 N–H and O–H groups in total. The molecule has 5 heteroatoms. The average Bonchev–Trinajstić information content (AvgIpc) is 3.48. The Morgan fingerprint density at radius 1 is 0.909 bits per heavy atom. The number of anilines is 1. The molecule has 1 atom stereocenters. The van der Waals surface area contributed by atoms with Crippen molar-refractivity contribution >= 4 is 22.6 Å². The first-order valence-electron chi connectivity index (χ1n) is 11.0. The Labute approximate surface area is 192 Å². The van der Waals surface area contributed by atoms with Crippen LogP contribution in [0.1, 0.15) is 22.7 Å². The number of amides is 1. The molecule has 0 bridgehead atoms. The summed E-state index contributed by atoms with van der Waals surface area (Å²) >= 11 is 0. The fourth-order valence-electron chi connectivity index (χ4n) is 4.92. The fraction of sp³-hybridized carbons (Fsp3) is 0.179. The molecule has 2 aliphatic rings. The maximum atomic E-state index is 13.1. The van der Waals surface area contributed by atoms with Crippen molar-refractivity contribution in [2.45, 2.75) is 19.3 Å². The van der Waals surface area contributed by atoms with Gasteiger partial charge in [0.25, 0.3) is 0 Å². The zero-order valence-corrected chi connectivity index (χ0v) is 18.3. The lowest BCUT2D eigenvalue weighted by atomic mass is 9.92. The predicted molar refractivity (Wildman–Crippen MR) is 127 cm³/mol. The Bertz CT molecular complexity index is 1370. The fourth-order valence-corrected chi connectivity index (χ4v) is 4.92. The van der Waals surface area contributed by atoms with Crippen LogP contribution < -0.4 is 9.64 Å².